The minimum Gasteiger partial charge on any atom is -0.494 e. The van der Waals surface area contributed by atoms with Gasteiger partial charge in [0.05, 0.1) is 36.9 Å². The van der Waals surface area contributed by atoms with Crippen LogP contribution >= 0.6 is 0 Å². The molecule has 0 unspecified atom stereocenters. The highest BCUT2D eigenvalue weighted by Crippen LogP contribution is 2.29. The van der Waals surface area contributed by atoms with Crippen LogP contribution in [-0.2, 0) is 17.8 Å². The summed E-state index contributed by atoms with van der Waals surface area (Å²) in [5, 5.41) is 13.7. The largest absolute Gasteiger partial charge is 0.494 e. The Bertz CT molecular complexity index is 972. The van der Waals surface area contributed by atoms with Crippen LogP contribution in [0.2, 0.25) is 0 Å². The molecule has 2 aliphatic heterocycles. The van der Waals surface area contributed by atoms with Gasteiger partial charge in [0.25, 0.3) is 5.69 Å². The lowest BCUT2D eigenvalue weighted by molar-refractivity contribution is -0.384. The molecule has 1 fully saturated rings. The number of nitro benzene ring substituents is 1. The van der Waals surface area contributed by atoms with Crippen LogP contribution in [0.15, 0.2) is 36.4 Å². The standard InChI is InChI=1S/C22H26N4O5/c1-30-21-13-18(26(28)29)3-4-19(21)23-22(27)15-25-9-7-24(8-10-25)14-16-2-5-20-17(12-16)6-11-31-20/h2-5,12-13H,6-11,14-15H2,1H3,(H,23,27). The molecule has 0 atom stereocenters. The van der Waals surface area contributed by atoms with Crippen molar-refractivity contribution in [3.63, 3.8) is 0 Å². The fraction of sp³-hybridized carbons (Fsp3) is 0.409. The number of methoxy groups -OCH3 is 1. The maximum Gasteiger partial charge on any atom is 0.273 e. The molecular formula is C22H26N4O5. The number of ether oxygens (including phenoxy) is 2. The molecule has 9 nitrogen and oxygen atoms in total. The molecule has 0 bridgehead atoms. The number of rotatable bonds is 7. The number of carbonyl (C=O) groups excluding carboxylic acids is 1. The fourth-order valence-corrected chi connectivity index (χ4v) is 3.99. The third kappa shape index (κ3) is 5.12. The molecule has 1 saturated heterocycles. The van der Waals surface area contributed by atoms with E-state index in [0.29, 0.717) is 5.69 Å². The molecule has 0 radical (unpaired) electrons. The highest BCUT2D eigenvalue weighted by Gasteiger charge is 2.21. The smallest absolute Gasteiger partial charge is 0.273 e. The Morgan fingerprint density at radius 3 is 2.68 bits per heavy atom. The fourth-order valence-electron chi connectivity index (χ4n) is 3.99. The third-order valence-corrected chi connectivity index (χ3v) is 5.66. The predicted molar refractivity (Wildman–Crippen MR) is 116 cm³/mol. The summed E-state index contributed by atoms with van der Waals surface area (Å²) in [6, 6.07) is 10.6. The van der Waals surface area contributed by atoms with Gasteiger partial charge in [-0.25, -0.2) is 0 Å². The summed E-state index contributed by atoms with van der Waals surface area (Å²) < 4.78 is 10.8. The number of hydrogen-bond acceptors (Lipinski definition) is 7. The lowest BCUT2D eigenvalue weighted by atomic mass is 10.1. The average molecular weight is 426 g/mol. The van der Waals surface area contributed by atoms with Crippen molar-refractivity contribution in [3.05, 3.63) is 57.6 Å². The topological polar surface area (TPSA) is 97.2 Å². The van der Waals surface area contributed by atoms with Crippen molar-refractivity contribution < 1.29 is 19.2 Å². The quantitative estimate of drug-likeness (QED) is 0.536. The number of piperazine rings is 1. The number of nitro groups is 1. The second-order valence-electron chi connectivity index (χ2n) is 7.78. The van der Waals surface area contributed by atoms with E-state index in [9.17, 15) is 14.9 Å². The van der Waals surface area contributed by atoms with Gasteiger partial charge in [-0.2, -0.15) is 0 Å². The van der Waals surface area contributed by atoms with Crippen molar-refractivity contribution in [3.8, 4) is 11.5 Å². The highest BCUT2D eigenvalue weighted by atomic mass is 16.6. The maximum absolute atomic E-state index is 12.5. The Hall–Kier alpha value is -3.17. The van der Waals surface area contributed by atoms with E-state index in [4.69, 9.17) is 9.47 Å². The van der Waals surface area contributed by atoms with Crippen LogP contribution in [0, 0.1) is 10.1 Å². The van der Waals surface area contributed by atoms with Crippen molar-refractivity contribution >= 4 is 17.3 Å². The first kappa shape index (κ1) is 21.1. The monoisotopic (exact) mass is 426 g/mol. The first-order valence-corrected chi connectivity index (χ1v) is 10.3. The SMILES string of the molecule is COc1cc([N+](=O)[O-])ccc1NC(=O)CN1CCN(Cc2ccc3c(c2)CCO3)CC1. The highest BCUT2D eigenvalue weighted by molar-refractivity contribution is 5.93. The van der Waals surface area contributed by atoms with E-state index >= 15 is 0 Å². The molecule has 2 aromatic rings. The molecule has 0 aliphatic carbocycles. The summed E-state index contributed by atoms with van der Waals surface area (Å²) in [5.41, 5.74) is 2.93. The van der Waals surface area contributed by atoms with Crippen LogP contribution in [0.4, 0.5) is 11.4 Å². The molecule has 1 amide bonds. The van der Waals surface area contributed by atoms with Gasteiger partial charge in [0.2, 0.25) is 5.91 Å². The van der Waals surface area contributed by atoms with E-state index in [0.717, 1.165) is 51.5 Å². The average Bonchev–Trinajstić information content (AvgIpc) is 3.23. The van der Waals surface area contributed by atoms with Gasteiger partial charge in [0, 0.05) is 45.2 Å². The zero-order valence-electron chi connectivity index (χ0n) is 17.5. The third-order valence-electron chi connectivity index (χ3n) is 5.66. The van der Waals surface area contributed by atoms with Gasteiger partial charge in [0.1, 0.15) is 11.5 Å². The van der Waals surface area contributed by atoms with E-state index in [1.54, 1.807) is 0 Å². The molecule has 9 heteroatoms. The Kier molecular flexibility index (Phi) is 6.34. The van der Waals surface area contributed by atoms with Crippen molar-refractivity contribution in [2.45, 2.75) is 13.0 Å². The van der Waals surface area contributed by atoms with E-state index in [-0.39, 0.29) is 23.9 Å². The molecule has 4 rings (SSSR count). The van der Waals surface area contributed by atoms with Gasteiger partial charge >= 0.3 is 0 Å². The lowest BCUT2D eigenvalue weighted by Gasteiger charge is -2.34. The van der Waals surface area contributed by atoms with E-state index < -0.39 is 4.92 Å². The number of nitrogens with one attached hydrogen (secondary N) is 1. The van der Waals surface area contributed by atoms with Gasteiger partial charge in [-0.1, -0.05) is 12.1 Å². The molecule has 164 valence electrons. The number of carbonyl (C=O) groups is 1. The molecule has 31 heavy (non-hydrogen) atoms. The van der Waals surface area contributed by atoms with E-state index in [1.165, 1.54) is 36.4 Å². The zero-order chi connectivity index (χ0) is 21.8. The summed E-state index contributed by atoms with van der Waals surface area (Å²) in [6.07, 6.45) is 0.978. The molecule has 1 N–H and O–H groups in total. The molecule has 0 spiro atoms. The summed E-state index contributed by atoms with van der Waals surface area (Å²) >= 11 is 0. The van der Waals surface area contributed by atoms with Crippen molar-refractivity contribution in [2.75, 3.05) is 51.8 Å². The number of nitrogens with zero attached hydrogens (tertiary/aromatic N) is 3. The van der Waals surface area contributed by atoms with Crippen LogP contribution < -0.4 is 14.8 Å². The maximum atomic E-state index is 12.5. The van der Waals surface area contributed by atoms with E-state index in [2.05, 4.69) is 33.3 Å². The van der Waals surface area contributed by atoms with Crippen LogP contribution in [-0.4, -0.2) is 67.1 Å². The van der Waals surface area contributed by atoms with Crippen LogP contribution in [0.3, 0.4) is 0 Å². The second-order valence-corrected chi connectivity index (χ2v) is 7.78. The number of benzene rings is 2. The summed E-state index contributed by atoms with van der Waals surface area (Å²) in [4.78, 5) is 27.4. The molecular weight excluding hydrogens is 400 g/mol. The van der Waals surface area contributed by atoms with E-state index in [1.807, 2.05) is 0 Å². The van der Waals surface area contributed by atoms with Crippen molar-refractivity contribution in [1.82, 2.24) is 9.80 Å². The van der Waals surface area contributed by atoms with Crippen molar-refractivity contribution in [1.29, 1.82) is 0 Å². The van der Waals surface area contributed by atoms with Gasteiger partial charge in [-0.15, -0.1) is 0 Å². The molecule has 0 saturated carbocycles. The summed E-state index contributed by atoms with van der Waals surface area (Å²) in [6.45, 7) is 5.32. The molecule has 2 aromatic carbocycles. The first-order chi connectivity index (χ1) is 15.0. The predicted octanol–water partition coefficient (Wildman–Crippen LogP) is 2.29. The summed E-state index contributed by atoms with van der Waals surface area (Å²) in [7, 11) is 1.42. The Morgan fingerprint density at radius 1 is 1.16 bits per heavy atom. The summed E-state index contributed by atoms with van der Waals surface area (Å²) in [5.74, 6) is 1.11. The van der Waals surface area contributed by atoms with Gasteiger partial charge in [-0.3, -0.25) is 24.7 Å². The first-order valence-electron chi connectivity index (χ1n) is 10.3. The number of fused-ring (bicyclic) bond motifs is 1. The minimum atomic E-state index is -0.496. The second kappa shape index (κ2) is 9.32. The number of amides is 1. The number of anilines is 1. The Morgan fingerprint density at radius 2 is 1.94 bits per heavy atom. The lowest BCUT2D eigenvalue weighted by Crippen LogP contribution is -2.48. The van der Waals surface area contributed by atoms with Crippen molar-refractivity contribution in [2.24, 2.45) is 0 Å². The molecule has 2 heterocycles. The normalized spacial score (nSPS) is 16.4. The van der Waals surface area contributed by atoms with Crippen LogP contribution in [0.25, 0.3) is 0 Å². The number of non-ortho nitro benzene ring substituents is 1. The van der Waals surface area contributed by atoms with Gasteiger partial charge in [0.15, 0.2) is 0 Å². The minimum absolute atomic E-state index is 0.0816. The molecule has 0 aromatic heterocycles. The number of hydrogen-bond donors (Lipinski definition) is 1. The zero-order valence-corrected chi connectivity index (χ0v) is 17.5. The van der Waals surface area contributed by atoms with Crippen LogP contribution in [0.5, 0.6) is 11.5 Å². The van der Waals surface area contributed by atoms with Gasteiger partial charge < -0.3 is 14.8 Å². The Labute approximate surface area is 180 Å². The van der Waals surface area contributed by atoms with Crippen LogP contribution in [0.1, 0.15) is 11.1 Å². The molecule has 2 aliphatic rings. The van der Waals surface area contributed by atoms with Gasteiger partial charge in [-0.05, 0) is 23.3 Å². The Balaban J connectivity index is 1.26.